The van der Waals surface area contributed by atoms with Gasteiger partial charge in [-0.15, -0.1) is 0 Å². The molecule has 104 valence electrons. The fourth-order valence-electron chi connectivity index (χ4n) is 4.02. The van der Waals surface area contributed by atoms with Crippen LogP contribution in [0.1, 0.15) is 53.4 Å². The minimum atomic E-state index is -0.157. The Kier molecular flexibility index (Phi) is 3.48. The van der Waals surface area contributed by atoms with E-state index in [0.717, 1.165) is 18.8 Å². The van der Waals surface area contributed by atoms with Crippen LogP contribution in [0.5, 0.6) is 0 Å². The minimum absolute atomic E-state index is 0.0745. The lowest BCUT2D eigenvalue weighted by Crippen LogP contribution is -2.43. The van der Waals surface area contributed by atoms with Crippen molar-refractivity contribution in [2.45, 2.75) is 65.5 Å². The summed E-state index contributed by atoms with van der Waals surface area (Å²) in [7, 11) is 1.82. The van der Waals surface area contributed by atoms with Crippen LogP contribution in [0.15, 0.2) is 0 Å². The van der Waals surface area contributed by atoms with Gasteiger partial charge in [0.1, 0.15) is 12.1 Å². The van der Waals surface area contributed by atoms with Gasteiger partial charge in [-0.05, 0) is 44.1 Å². The van der Waals surface area contributed by atoms with Crippen molar-refractivity contribution in [2.75, 3.05) is 7.05 Å². The molecule has 0 aromatic carbocycles. The lowest BCUT2D eigenvalue weighted by molar-refractivity contribution is -0.159. The minimum Gasteiger partial charge on any atom is -0.461 e. The Balaban J connectivity index is 2.07. The molecule has 0 heterocycles. The number of carbonyl (C=O) groups excluding carboxylic acids is 1. The van der Waals surface area contributed by atoms with Gasteiger partial charge in [-0.2, -0.15) is 0 Å². The van der Waals surface area contributed by atoms with Crippen LogP contribution in [0.25, 0.3) is 0 Å². The third-order valence-electron chi connectivity index (χ3n) is 6.01. The molecule has 18 heavy (non-hydrogen) atoms. The molecule has 0 amide bonds. The van der Waals surface area contributed by atoms with Gasteiger partial charge in [0.15, 0.2) is 0 Å². The molecule has 0 aliphatic heterocycles. The molecule has 0 spiro atoms. The number of ether oxygens (including phenoxy) is 1. The molecule has 2 saturated carbocycles. The van der Waals surface area contributed by atoms with Crippen LogP contribution in [0.4, 0.5) is 0 Å². The third kappa shape index (κ3) is 1.78. The number of likely N-dealkylation sites (N-methyl/N-ethyl adjacent to an activating group) is 1. The van der Waals surface area contributed by atoms with Crippen molar-refractivity contribution >= 4 is 5.97 Å². The normalized spacial score (nSPS) is 38.7. The van der Waals surface area contributed by atoms with Crippen LogP contribution in [0, 0.1) is 16.7 Å². The molecule has 4 unspecified atom stereocenters. The summed E-state index contributed by atoms with van der Waals surface area (Å²) in [5.74, 6) is 0.643. The summed E-state index contributed by atoms with van der Waals surface area (Å²) in [6.07, 6.45) is 4.43. The van der Waals surface area contributed by atoms with E-state index >= 15 is 0 Å². The van der Waals surface area contributed by atoms with Crippen LogP contribution in [0.3, 0.4) is 0 Å². The highest BCUT2D eigenvalue weighted by molar-refractivity contribution is 5.76. The van der Waals surface area contributed by atoms with E-state index in [0.29, 0.717) is 5.41 Å². The lowest BCUT2D eigenvalue weighted by Gasteiger charge is -2.38. The number of hydrogen-bond acceptors (Lipinski definition) is 3. The zero-order valence-corrected chi connectivity index (χ0v) is 12.4. The van der Waals surface area contributed by atoms with Crippen molar-refractivity contribution < 1.29 is 9.53 Å². The van der Waals surface area contributed by atoms with Crippen molar-refractivity contribution in [2.24, 2.45) is 16.7 Å². The molecule has 0 radical (unpaired) electrons. The summed E-state index contributed by atoms with van der Waals surface area (Å²) in [5, 5.41) is 3.03. The number of esters is 1. The second kappa shape index (κ2) is 4.52. The first-order valence-electron chi connectivity index (χ1n) is 7.24. The first kappa shape index (κ1) is 13.9. The molecule has 2 bridgehead atoms. The van der Waals surface area contributed by atoms with Gasteiger partial charge in [0.05, 0.1) is 0 Å². The van der Waals surface area contributed by atoms with E-state index < -0.39 is 0 Å². The Bertz CT molecular complexity index is 335. The van der Waals surface area contributed by atoms with E-state index in [1.165, 1.54) is 12.8 Å². The van der Waals surface area contributed by atoms with E-state index in [1.807, 2.05) is 14.0 Å². The molecule has 0 aromatic rings. The molecular weight excluding hydrogens is 226 g/mol. The predicted molar refractivity (Wildman–Crippen MR) is 72.2 cm³/mol. The van der Waals surface area contributed by atoms with Crippen LogP contribution in [-0.2, 0) is 9.53 Å². The van der Waals surface area contributed by atoms with Gasteiger partial charge in [0, 0.05) is 5.41 Å². The fourth-order valence-corrected chi connectivity index (χ4v) is 4.02. The molecule has 2 fully saturated rings. The monoisotopic (exact) mass is 253 g/mol. The number of nitrogens with one attached hydrogen (secondary N) is 1. The first-order valence-corrected chi connectivity index (χ1v) is 7.24. The molecule has 4 atom stereocenters. The summed E-state index contributed by atoms with van der Waals surface area (Å²) in [6, 6.07) is -0.157. The summed E-state index contributed by atoms with van der Waals surface area (Å²) >= 11 is 0. The zero-order chi connectivity index (χ0) is 13.6. The lowest BCUT2D eigenvalue weighted by atomic mass is 9.70. The second-order valence-electron chi connectivity index (χ2n) is 6.79. The maximum absolute atomic E-state index is 12.1. The van der Waals surface area contributed by atoms with Gasteiger partial charge in [-0.25, -0.2) is 0 Å². The highest BCUT2D eigenvalue weighted by Crippen LogP contribution is 2.66. The van der Waals surface area contributed by atoms with Crippen LogP contribution < -0.4 is 5.32 Å². The van der Waals surface area contributed by atoms with Crippen molar-refractivity contribution in [1.29, 1.82) is 0 Å². The van der Waals surface area contributed by atoms with Gasteiger partial charge >= 0.3 is 5.97 Å². The van der Waals surface area contributed by atoms with E-state index in [4.69, 9.17) is 4.74 Å². The Morgan fingerprint density at radius 3 is 2.50 bits per heavy atom. The Morgan fingerprint density at radius 1 is 1.44 bits per heavy atom. The number of fused-ring (bicyclic) bond motifs is 2. The maximum atomic E-state index is 12.1. The molecule has 3 heteroatoms. The zero-order valence-electron chi connectivity index (χ0n) is 12.4. The summed E-state index contributed by atoms with van der Waals surface area (Å²) in [4.78, 5) is 12.1. The summed E-state index contributed by atoms with van der Waals surface area (Å²) < 4.78 is 5.83. The smallest absolute Gasteiger partial charge is 0.323 e. The molecule has 1 N–H and O–H groups in total. The van der Waals surface area contributed by atoms with Crippen LogP contribution in [0.2, 0.25) is 0 Å². The molecular formula is C15H27NO2. The molecule has 2 rings (SSSR count). The average Bonchev–Trinajstić information content (AvgIpc) is 2.63. The second-order valence-corrected chi connectivity index (χ2v) is 6.79. The van der Waals surface area contributed by atoms with Crippen molar-refractivity contribution in [3.05, 3.63) is 0 Å². The van der Waals surface area contributed by atoms with Crippen molar-refractivity contribution in [3.8, 4) is 0 Å². The van der Waals surface area contributed by atoms with Gasteiger partial charge in [0.2, 0.25) is 0 Å². The van der Waals surface area contributed by atoms with E-state index in [1.54, 1.807) is 0 Å². The molecule has 2 aliphatic rings. The van der Waals surface area contributed by atoms with Crippen molar-refractivity contribution in [3.63, 3.8) is 0 Å². The Labute approximate surface area is 111 Å². The number of rotatable bonds is 4. The van der Waals surface area contributed by atoms with Gasteiger partial charge in [-0.1, -0.05) is 27.7 Å². The quantitative estimate of drug-likeness (QED) is 0.783. The molecule has 0 saturated heterocycles. The standard InChI is InChI=1S/C15H27NO2/c1-6-11(16-5)13(17)18-12-9-10-7-8-15(12,4)14(10,2)3/h10-12,16H,6-9H2,1-5H3. The Morgan fingerprint density at radius 2 is 2.11 bits per heavy atom. The van der Waals surface area contributed by atoms with Gasteiger partial charge < -0.3 is 10.1 Å². The predicted octanol–water partition coefficient (Wildman–Crippen LogP) is 2.74. The summed E-state index contributed by atoms with van der Waals surface area (Å²) in [6.45, 7) is 8.99. The van der Waals surface area contributed by atoms with Crippen LogP contribution >= 0.6 is 0 Å². The SMILES string of the molecule is CCC(NC)C(=O)OC1CC2CCC1(C)C2(C)C. The van der Waals surface area contributed by atoms with Crippen LogP contribution in [-0.4, -0.2) is 25.2 Å². The maximum Gasteiger partial charge on any atom is 0.323 e. The number of carbonyl (C=O) groups is 1. The largest absolute Gasteiger partial charge is 0.461 e. The fraction of sp³-hybridized carbons (Fsp3) is 0.933. The molecule has 3 nitrogen and oxygen atoms in total. The number of hydrogen-bond donors (Lipinski definition) is 1. The van der Waals surface area contributed by atoms with E-state index in [-0.39, 0.29) is 23.5 Å². The third-order valence-corrected chi connectivity index (χ3v) is 6.01. The Hall–Kier alpha value is -0.570. The summed E-state index contributed by atoms with van der Waals surface area (Å²) in [5.41, 5.74) is 0.471. The first-order chi connectivity index (χ1) is 8.36. The van der Waals surface area contributed by atoms with Crippen molar-refractivity contribution in [1.82, 2.24) is 5.32 Å². The average molecular weight is 253 g/mol. The topological polar surface area (TPSA) is 38.3 Å². The highest BCUT2D eigenvalue weighted by Gasteiger charge is 2.62. The molecule has 2 aliphatic carbocycles. The van der Waals surface area contributed by atoms with Gasteiger partial charge in [-0.3, -0.25) is 4.79 Å². The van der Waals surface area contributed by atoms with E-state index in [2.05, 4.69) is 26.1 Å². The molecule has 0 aromatic heterocycles. The van der Waals surface area contributed by atoms with E-state index in [9.17, 15) is 4.79 Å². The highest BCUT2D eigenvalue weighted by atomic mass is 16.5. The van der Waals surface area contributed by atoms with Gasteiger partial charge in [0.25, 0.3) is 0 Å².